The molecule has 0 radical (unpaired) electrons. The summed E-state index contributed by atoms with van der Waals surface area (Å²) < 4.78 is 18.5. The van der Waals surface area contributed by atoms with Crippen molar-refractivity contribution in [2.24, 2.45) is 23.7 Å². The number of carbonyl (C=O) groups excluding carboxylic acids is 1. The molecule has 1 aromatic rings. The van der Waals surface area contributed by atoms with E-state index in [1.165, 1.54) is 44.2 Å². The fourth-order valence-corrected chi connectivity index (χ4v) is 5.09. The summed E-state index contributed by atoms with van der Waals surface area (Å²) in [6.45, 7) is -0.0355. The van der Waals surface area contributed by atoms with Crippen LogP contribution >= 0.6 is 0 Å². The fraction of sp³-hybridized carbons (Fsp3) is 0.611. The van der Waals surface area contributed by atoms with Gasteiger partial charge in [0.2, 0.25) is 0 Å². The lowest BCUT2D eigenvalue weighted by molar-refractivity contribution is -0.127. The first-order valence-corrected chi connectivity index (χ1v) is 8.35. The van der Waals surface area contributed by atoms with Gasteiger partial charge in [-0.05, 0) is 67.9 Å². The second-order valence-electron chi connectivity index (χ2n) is 7.27. The zero-order chi connectivity index (χ0) is 15.1. The Balaban J connectivity index is 1.32. The van der Waals surface area contributed by atoms with Crippen molar-refractivity contribution in [1.82, 2.24) is 5.32 Å². The van der Waals surface area contributed by atoms with Crippen LogP contribution in [0.2, 0.25) is 0 Å². The van der Waals surface area contributed by atoms with Crippen LogP contribution in [0.3, 0.4) is 0 Å². The zero-order valence-electron chi connectivity index (χ0n) is 12.6. The number of benzene rings is 1. The van der Waals surface area contributed by atoms with E-state index in [2.05, 4.69) is 5.32 Å². The Morgan fingerprint density at radius 1 is 1.14 bits per heavy atom. The number of nitrogens with one attached hydrogen (secondary N) is 1. The van der Waals surface area contributed by atoms with Crippen LogP contribution in [-0.2, 0) is 4.79 Å². The van der Waals surface area contributed by atoms with E-state index >= 15 is 0 Å². The lowest BCUT2D eigenvalue weighted by Crippen LogP contribution is -2.56. The topological polar surface area (TPSA) is 38.3 Å². The molecule has 4 fully saturated rings. The molecular formula is C18H22FNO2. The molecular weight excluding hydrogens is 281 g/mol. The summed E-state index contributed by atoms with van der Waals surface area (Å²) >= 11 is 0. The Morgan fingerprint density at radius 3 is 2.45 bits per heavy atom. The van der Waals surface area contributed by atoms with Crippen LogP contribution in [0.4, 0.5) is 4.39 Å². The first-order valence-electron chi connectivity index (χ1n) is 8.35. The third-order valence-corrected chi connectivity index (χ3v) is 5.72. The van der Waals surface area contributed by atoms with Crippen LogP contribution in [0.5, 0.6) is 5.75 Å². The molecule has 0 aromatic heterocycles. The van der Waals surface area contributed by atoms with E-state index in [1.54, 1.807) is 12.1 Å². The molecule has 0 heterocycles. The van der Waals surface area contributed by atoms with E-state index in [-0.39, 0.29) is 18.3 Å². The standard InChI is InChI=1S/C18H22FNO2/c19-15-2-1-3-16(9-15)22-10-17(21)20-18-13-5-11-4-12(7-13)8-14(18)6-11/h1-3,9,11-14,18H,4-8,10H2,(H,20,21). The monoisotopic (exact) mass is 303 g/mol. The molecule has 22 heavy (non-hydrogen) atoms. The Labute approximate surface area is 130 Å². The lowest BCUT2D eigenvalue weighted by Gasteiger charge is -2.54. The molecule has 3 nitrogen and oxygen atoms in total. The summed E-state index contributed by atoms with van der Waals surface area (Å²) in [5.41, 5.74) is 0. The van der Waals surface area contributed by atoms with E-state index < -0.39 is 0 Å². The summed E-state index contributed by atoms with van der Waals surface area (Å²) in [6.07, 6.45) is 6.53. The molecule has 1 aromatic carbocycles. The Hall–Kier alpha value is -1.58. The van der Waals surface area contributed by atoms with Gasteiger partial charge in [0.25, 0.3) is 5.91 Å². The number of rotatable bonds is 4. The summed E-state index contributed by atoms with van der Waals surface area (Å²) in [5, 5.41) is 3.19. The van der Waals surface area contributed by atoms with Crippen molar-refractivity contribution in [2.75, 3.05) is 6.61 Å². The van der Waals surface area contributed by atoms with Crippen molar-refractivity contribution in [3.8, 4) is 5.75 Å². The van der Waals surface area contributed by atoms with E-state index in [4.69, 9.17) is 4.74 Å². The van der Waals surface area contributed by atoms with Crippen LogP contribution in [0.15, 0.2) is 24.3 Å². The third kappa shape index (κ3) is 2.71. The fourth-order valence-electron chi connectivity index (χ4n) is 5.09. The van der Waals surface area contributed by atoms with Crippen LogP contribution < -0.4 is 10.1 Å². The van der Waals surface area contributed by atoms with Crippen LogP contribution in [0.1, 0.15) is 32.1 Å². The molecule has 1 amide bonds. The Kier molecular flexibility index (Phi) is 3.55. The largest absolute Gasteiger partial charge is 0.484 e. The van der Waals surface area contributed by atoms with Crippen LogP contribution in [0, 0.1) is 29.5 Å². The molecule has 0 atom stereocenters. The van der Waals surface area contributed by atoms with Crippen molar-refractivity contribution in [3.63, 3.8) is 0 Å². The van der Waals surface area contributed by atoms with Gasteiger partial charge in [-0.3, -0.25) is 4.79 Å². The highest BCUT2D eigenvalue weighted by Gasteiger charge is 2.48. The van der Waals surface area contributed by atoms with E-state index in [0.29, 0.717) is 23.6 Å². The van der Waals surface area contributed by atoms with Gasteiger partial charge >= 0.3 is 0 Å². The van der Waals surface area contributed by atoms with Crippen molar-refractivity contribution in [1.29, 1.82) is 0 Å². The predicted molar refractivity (Wildman–Crippen MR) is 80.9 cm³/mol. The van der Waals surface area contributed by atoms with Gasteiger partial charge in [0.05, 0.1) is 0 Å². The molecule has 0 unspecified atom stereocenters. The number of carbonyl (C=O) groups is 1. The molecule has 1 N–H and O–H groups in total. The van der Waals surface area contributed by atoms with Gasteiger partial charge in [-0.2, -0.15) is 0 Å². The molecule has 118 valence electrons. The van der Waals surface area contributed by atoms with Gasteiger partial charge in [0.15, 0.2) is 6.61 Å². The number of hydrogen-bond acceptors (Lipinski definition) is 2. The normalized spacial score (nSPS) is 35.4. The van der Waals surface area contributed by atoms with E-state index in [1.807, 2.05) is 0 Å². The van der Waals surface area contributed by atoms with Crippen molar-refractivity contribution in [2.45, 2.75) is 38.1 Å². The van der Waals surface area contributed by atoms with Gasteiger partial charge in [-0.1, -0.05) is 6.07 Å². The molecule has 0 aliphatic heterocycles. The minimum Gasteiger partial charge on any atom is -0.484 e. The van der Waals surface area contributed by atoms with Gasteiger partial charge in [-0.25, -0.2) is 4.39 Å². The SMILES string of the molecule is O=C(COc1cccc(F)c1)NC1C2CC3CC(C2)CC1C3. The highest BCUT2D eigenvalue weighted by Crippen LogP contribution is 2.53. The summed E-state index contributed by atoms with van der Waals surface area (Å²) in [5.74, 6) is 3.10. The first-order chi connectivity index (χ1) is 10.7. The van der Waals surface area contributed by atoms with Crippen molar-refractivity contribution in [3.05, 3.63) is 30.1 Å². The Morgan fingerprint density at radius 2 is 1.82 bits per heavy atom. The number of hydrogen-bond donors (Lipinski definition) is 1. The molecule has 5 rings (SSSR count). The quantitative estimate of drug-likeness (QED) is 0.928. The molecule has 4 bridgehead atoms. The highest BCUT2D eigenvalue weighted by atomic mass is 19.1. The molecule has 4 aliphatic rings. The third-order valence-electron chi connectivity index (χ3n) is 5.72. The maximum atomic E-state index is 13.1. The number of halogens is 1. The maximum absolute atomic E-state index is 13.1. The average Bonchev–Trinajstić information content (AvgIpc) is 2.48. The van der Waals surface area contributed by atoms with E-state index in [9.17, 15) is 9.18 Å². The van der Waals surface area contributed by atoms with Crippen molar-refractivity contribution >= 4 is 5.91 Å². The zero-order valence-corrected chi connectivity index (χ0v) is 12.6. The van der Waals surface area contributed by atoms with Crippen LogP contribution in [0.25, 0.3) is 0 Å². The summed E-state index contributed by atoms with van der Waals surface area (Å²) in [4.78, 5) is 12.2. The maximum Gasteiger partial charge on any atom is 0.258 e. The van der Waals surface area contributed by atoms with Gasteiger partial charge < -0.3 is 10.1 Å². The second-order valence-corrected chi connectivity index (χ2v) is 7.27. The Bertz CT molecular complexity index is 546. The first kappa shape index (κ1) is 14.0. The second kappa shape index (κ2) is 5.56. The van der Waals surface area contributed by atoms with Gasteiger partial charge in [0.1, 0.15) is 11.6 Å². The molecule has 4 heteroatoms. The van der Waals surface area contributed by atoms with Gasteiger partial charge in [-0.15, -0.1) is 0 Å². The van der Waals surface area contributed by atoms with E-state index in [0.717, 1.165) is 11.8 Å². The molecule has 4 saturated carbocycles. The predicted octanol–water partition coefficient (Wildman–Crippen LogP) is 3.15. The molecule has 0 saturated heterocycles. The van der Waals surface area contributed by atoms with Gasteiger partial charge in [0, 0.05) is 12.1 Å². The van der Waals surface area contributed by atoms with Crippen LogP contribution in [-0.4, -0.2) is 18.6 Å². The minimum absolute atomic E-state index is 0.0355. The van der Waals surface area contributed by atoms with Crippen molar-refractivity contribution < 1.29 is 13.9 Å². The number of ether oxygens (including phenoxy) is 1. The minimum atomic E-state index is -0.348. The average molecular weight is 303 g/mol. The highest BCUT2D eigenvalue weighted by molar-refractivity contribution is 5.78. The number of amides is 1. The molecule has 4 aliphatic carbocycles. The smallest absolute Gasteiger partial charge is 0.258 e. The molecule has 0 spiro atoms. The summed E-state index contributed by atoms with van der Waals surface area (Å²) in [6, 6.07) is 6.24. The summed E-state index contributed by atoms with van der Waals surface area (Å²) in [7, 11) is 0. The lowest BCUT2D eigenvalue weighted by atomic mass is 9.54.